The zero-order valence-corrected chi connectivity index (χ0v) is 15.6. The van der Waals surface area contributed by atoms with Gasteiger partial charge >= 0.3 is 11.9 Å². The number of hydrogen-bond donors (Lipinski definition) is 2. The predicted octanol–water partition coefficient (Wildman–Crippen LogP) is 3.53. The van der Waals surface area contributed by atoms with Crippen LogP contribution in [-0.4, -0.2) is 28.6 Å². The molecule has 2 rings (SSSR count). The van der Waals surface area contributed by atoms with E-state index in [9.17, 15) is 14.7 Å². The van der Waals surface area contributed by atoms with Crippen molar-refractivity contribution >= 4 is 23.5 Å². The molecule has 0 aliphatic carbocycles. The van der Waals surface area contributed by atoms with E-state index in [2.05, 4.69) is 4.98 Å². The molecule has 0 fully saturated rings. The largest absolute Gasteiger partial charge is 0.493 e. The lowest BCUT2D eigenvalue weighted by Gasteiger charge is -2.18. The maximum Gasteiger partial charge on any atom is 0.340 e. The minimum absolute atomic E-state index is 0.00151. The summed E-state index contributed by atoms with van der Waals surface area (Å²) in [4.78, 5) is 28.9. The van der Waals surface area contributed by atoms with Crippen LogP contribution >= 0.6 is 11.6 Å². The number of aryl methyl sites for hydroxylation is 1. The third-order valence-electron chi connectivity index (χ3n) is 3.68. The first-order valence-electron chi connectivity index (χ1n) is 8.09. The Labute approximate surface area is 161 Å². The van der Waals surface area contributed by atoms with Crippen molar-refractivity contribution in [2.75, 3.05) is 6.61 Å². The Kier molecular flexibility index (Phi) is 6.79. The Morgan fingerprint density at radius 2 is 2.00 bits per heavy atom. The van der Waals surface area contributed by atoms with Gasteiger partial charge in [-0.1, -0.05) is 29.8 Å². The minimum Gasteiger partial charge on any atom is -0.493 e. The third-order valence-corrected chi connectivity index (χ3v) is 4.01. The summed E-state index contributed by atoms with van der Waals surface area (Å²) in [5, 5.41) is 10.0. The molecular formula is C19H19ClN2O5. The number of hydrogen-bond acceptors (Lipinski definition) is 6. The quantitative estimate of drug-likeness (QED) is 0.549. The van der Waals surface area contributed by atoms with Crippen LogP contribution in [0.4, 0.5) is 0 Å². The zero-order valence-electron chi connectivity index (χ0n) is 14.9. The SMILES string of the molecule is CCOC(=O)c1c(CO/C=C/N)nc(C)c(C(=O)O)c1-c1ccccc1Cl. The van der Waals surface area contributed by atoms with Crippen LogP contribution in [0, 0.1) is 6.92 Å². The van der Waals surface area contributed by atoms with Gasteiger partial charge in [-0.05, 0) is 19.9 Å². The first kappa shape index (κ1) is 20.3. The Hall–Kier alpha value is -3.06. The van der Waals surface area contributed by atoms with Crippen molar-refractivity contribution in [1.29, 1.82) is 0 Å². The van der Waals surface area contributed by atoms with E-state index in [0.717, 1.165) is 0 Å². The van der Waals surface area contributed by atoms with Crippen molar-refractivity contribution in [3.8, 4) is 11.1 Å². The third kappa shape index (κ3) is 4.38. The predicted molar refractivity (Wildman–Crippen MR) is 100 cm³/mol. The molecule has 142 valence electrons. The molecule has 0 radical (unpaired) electrons. The van der Waals surface area contributed by atoms with Gasteiger partial charge in [0.05, 0.1) is 35.4 Å². The Balaban J connectivity index is 2.87. The van der Waals surface area contributed by atoms with Gasteiger partial charge in [-0.15, -0.1) is 0 Å². The van der Waals surface area contributed by atoms with Crippen LogP contribution in [0.15, 0.2) is 36.7 Å². The number of ether oxygens (including phenoxy) is 2. The molecule has 2 aromatic rings. The second-order valence-corrected chi connectivity index (χ2v) is 5.82. The minimum atomic E-state index is -1.23. The van der Waals surface area contributed by atoms with Crippen molar-refractivity contribution in [3.63, 3.8) is 0 Å². The van der Waals surface area contributed by atoms with E-state index in [0.29, 0.717) is 10.6 Å². The number of carbonyl (C=O) groups is 2. The topological polar surface area (TPSA) is 112 Å². The number of halogens is 1. The van der Waals surface area contributed by atoms with Gasteiger partial charge in [-0.2, -0.15) is 0 Å². The standard InChI is InChI=1S/C19H19ClN2O5/c1-3-27-19(25)17-14(10-26-9-8-21)22-11(2)15(18(23)24)16(17)12-6-4-5-7-13(12)20/h4-9H,3,10,21H2,1-2H3,(H,23,24)/b9-8+. The summed E-state index contributed by atoms with van der Waals surface area (Å²) in [5.41, 5.74) is 6.12. The van der Waals surface area contributed by atoms with E-state index >= 15 is 0 Å². The first-order chi connectivity index (χ1) is 12.9. The van der Waals surface area contributed by atoms with E-state index < -0.39 is 11.9 Å². The van der Waals surface area contributed by atoms with Gasteiger partial charge in [0.2, 0.25) is 0 Å². The van der Waals surface area contributed by atoms with Gasteiger partial charge in [0.1, 0.15) is 6.61 Å². The van der Waals surface area contributed by atoms with Gasteiger partial charge in [0.15, 0.2) is 0 Å². The van der Waals surface area contributed by atoms with Gasteiger partial charge in [0, 0.05) is 22.3 Å². The Bertz CT molecular complexity index is 896. The summed E-state index contributed by atoms with van der Waals surface area (Å²) in [6.07, 6.45) is 2.43. The van der Waals surface area contributed by atoms with E-state index in [1.54, 1.807) is 38.1 Å². The number of aromatic carboxylic acids is 1. The Morgan fingerprint density at radius 1 is 1.30 bits per heavy atom. The summed E-state index contributed by atoms with van der Waals surface area (Å²) >= 11 is 6.30. The molecule has 0 aliphatic rings. The molecule has 0 saturated carbocycles. The number of nitrogens with zero attached hydrogens (tertiary/aromatic N) is 1. The highest BCUT2D eigenvalue weighted by molar-refractivity contribution is 6.34. The summed E-state index contributed by atoms with van der Waals surface area (Å²) < 4.78 is 10.4. The van der Waals surface area contributed by atoms with Crippen LogP contribution in [-0.2, 0) is 16.1 Å². The lowest BCUT2D eigenvalue weighted by molar-refractivity contribution is 0.0522. The number of aromatic nitrogens is 1. The van der Waals surface area contributed by atoms with Crippen molar-refractivity contribution in [3.05, 3.63) is 64.3 Å². The molecule has 1 aromatic heterocycles. The van der Waals surface area contributed by atoms with Crippen LogP contribution in [0.1, 0.15) is 39.0 Å². The molecule has 0 atom stereocenters. The number of rotatable bonds is 7. The fourth-order valence-corrected chi connectivity index (χ4v) is 2.90. The number of nitrogens with two attached hydrogens (primary N) is 1. The fraction of sp³-hybridized carbons (Fsp3) is 0.211. The second-order valence-electron chi connectivity index (χ2n) is 5.41. The average molecular weight is 391 g/mol. The lowest BCUT2D eigenvalue weighted by atomic mass is 9.92. The summed E-state index contributed by atoms with van der Waals surface area (Å²) in [7, 11) is 0. The lowest BCUT2D eigenvalue weighted by Crippen LogP contribution is -2.17. The number of esters is 1. The first-order valence-corrected chi connectivity index (χ1v) is 8.47. The number of carboxylic acid groups (broad SMARTS) is 1. The zero-order chi connectivity index (χ0) is 20.0. The van der Waals surface area contributed by atoms with Gasteiger partial charge in [-0.3, -0.25) is 4.98 Å². The average Bonchev–Trinajstić information content (AvgIpc) is 2.61. The second kappa shape index (κ2) is 9.05. The molecule has 3 N–H and O–H groups in total. The van der Waals surface area contributed by atoms with Crippen LogP contribution in [0.2, 0.25) is 5.02 Å². The van der Waals surface area contributed by atoms with Crippen molar-refractivity contribution in [1.82, 2.24) is 4.98 Å². The molecular weight excluding hydrogens is 372 g/mol. The maximum atomic E-state index is 12.7. The molecule has 1 heterocycles. The van der Waals surface area contributed by atoms with E-state index in [-0.39, 0.29) is 41.3 Å². The highest BCUT2D eigenvalue weighted by Crippen LogP contribution is 2.36. The highest BCUT2D eigenvalue weighted by atomic mass is 35.5. The van der Waals surface area contributed by atoms with Crippen LogP contribution in [0.3, 0.4) is 0 Å². The van der Waals surface area contributed by atoms with Gasteiger partial charge in [0.25, 0.3) is 0 Å². The normalized spacial score (nSPS) is 10.8. The van der Waals surface area contributed by atoms with Crippen LogP contribution < -0.4 is 5.73 Å². The molecule has 0 aliphatic heterocycles. The van der Waals surface area contributed by atoms with Crippen LogP contribution in [0.25, 0.3) is 11.1 Å². The highest BCUT2D eigenvalue weighted by Gasteiger charge is 2.29. The number of carboxylic acids is 1. The Morgan fingerprint density at radius 3 is 2.59 bits per heavy atom. The number of carbonyl (C=O) groups excluding carboxylic acids is 1. The molecule has 0 saturated heterocycles. The molecule has 8 heteroatoms. The summed E-state index contributed by atoms with van der Waals surface area (Å²) in [6, 6.07) is 6.66. The van der Waals surface area contributed by atoms with Crippen LogP contribution in [0.5, 0.6) is 0 Å². The van der Waals surface area contributed by atoms with E-state index in [1.165, 1.54) is 12.5 Å². The molecule has 0 spiro atoms. The molecule has 0 bridgehead atoms. The summed E-state index contributed by atoms with van der Waals surface area (Å²) in [6.45, 7) is 3.21. The number of benzene rings is 1. The number of pyridine rings is 1. The maximum absolute atomic E-state index is 12.7. The molecule has 27 heavy (non-hydrogen) atoms. The molecule has 7 nitrogen and oxygen atoms in total. The fourth-order valence-electron chi connectivity index (χ4n) is 2.67. The molecule has 0 amide bonds. The summed E-state index contributed by atoms with van der Waals surface area (Å²) in [5.74, 6) is -1.94. The van der Waals surface area contributed by atoms with Gasteiger partial charge in [-0.25, -0.2) is 9.59 Å². The smallest absolute Gasteiger partial charge is 0.340 e. The monoisotopic (exact) mass is 390 g/mol. The van der Waals surface area contributed by atoms with Crippen molar-refractivity contribution < 1.29 is 24.2 Å². The van der Waals surface area contributed by atoms with E-state index in [4.69, 9.17) is 26.8 Å². The molecule has 0 unspecified atom stereocenters. The van der Waals surface area contributed by atoms with E-state index in [1.807, 2.05) is 0 Å². The van der Waals surface area contributed by atoms with Crippen molar-refractivity contribution in [2.45, 2.75) is 20.5 Å². The van der Waals surface area contributed by atoms with Gasteiger partial charge < -0.3 is 20.3 Å². The van der Waals surface area contributed by atoms with Crippen molar-refractivity contribution in [2.24, 2.45) is 5.73 Å². The molecule has 1 aromatic carbocycles.